The number of hydrogen-bond acceptors (Lipinski definition) is 4. The molecule has 0 amide bonds. The third-order valence-electron chi connectivity index (χ3n) is 5.04. The highest BCUT2D eigenvalue weighted by atomic mass is 32.2. The largest absolute Gasteiger partial charge is 0.457 e. The summed E-state index contributed by atoms with van der Waals surface area (Å²) in [4.78, 5) is 24.1. The normalized spacial score (nSPS) is 10.7. The van der Waals surface area contributed by atoms with Gasteiger partial charge >= 0.3 is 5.97 Å². The van der Waals surface area contributed by atoms with Crippen LogP contribution < -0.4 is 0 Å². The Bertz CT molecular complexity index is 741. The maximum absolute atomic E-state index is 12.3. The van der Waals surface area contributed by atoms with Crippen molar-refractivity contribution in [1.29, 1.82) is 0 Å². The molecule has 2 aromatic rings. The predicted octanol–water partition coefficient (Wildman–Crippen LogP) is 6.95. The lowest BCUT2D eigenvalue weighted by molar-refractivity contribution is -0.139. The van der Waals surface area contributed by atoms with Gasteiger partial charge in [0.15, 0.2) is 12.4 Å². The van der Waals surface area contributed by atoms with Crippen LogP contribution in [0.3, 0.4) is 0 Å². The third kappa shape index (κ3) is 9.62. The van der Waals surface area contributed by atoms with Crippen molar-refractivity contribution in [2.45, 2.75) is 58.3 Å². The van der Waals surface area contributed by atoms with Gasteiger partial charge < -0.3 is 4.74 Å². The first kappa shape index (κ1) is 24.2. The molecule has 0 aromatic heterocycles. The number of thioether (sulfide) groups is 1. The minimum Gasteiger partial charge on any atom is -0.457 e. The first-order valence-electron chi connectivity index (χ1n) is 11.1. The molecular weight excluding hydrogens is 392 g/mol. The molecule has 0 aliphatic carbocycles. The standard InChI is InChI=1S/C26H34O3S/c1-2-3-4-5-6-7-8-12-19-30-21-26(28)29-20-25(27)24-17-15-23(16-18-24)22-13-10-9-11-14-22/h9-11,13-18H,2-8,12,19-21H2,1H3. The molecule has 4 heteroatoms. The highest BCUT2D eigenvalue weighted by molar-refractivity contribution is 7.99. The molecule has 0 atom stereocenters. The van der Waals surface area contributed by atoms with Gasteiger partial charge in [0.05, 0.1) is 5.75 Å². The zero-order chi connectivity index (χ0) is 21.4. The summed E-state index contributed by atoms with van der Waals surface area (Å²) in [5.74, 6) is 0.806. The van der Waals surface area contributed by atoms with E-state index in [0.29, 0.717) is 11.3 Å². The molecule has 0 N–H and O–H groups in total. The molecule has 0 saturated carbocycles. The number of carbonyl (C=O) groups excluding carboxylic acids is 2. The average Bonchev–Trinajstić information content (AvgIpc) is 2.79. The minimum absolute atomic E-state index is 0.170. The molecule has 0 aliphatic heterocycles. The Morgan fingerprint density at radius 2 is 1.37 bits per heavy atom. The van der Waals surface area contributed by atoms with E-state index in [1.807, 2.05) is 42.5 Å². The Morgan fingerprint density at radius 3 is 2.03 bits per heavy atom. The van der Waals surface area contributed by atoms with E-state index in [9.17, 15) is 9.59 Å². The second kappa shape index (κ2) is 14.8. The second-order valence-corrected chi connectivity index (χ2v) is 8.66. The second-order valence-electron chi connectivity index (χ2n) is 7.55. The summed E-state index contributed by atoms with van der Waals surface area (Å²) in [6.45, 7) is 2.04. The van der Waals surface area contributed by atoms with E-state index in [-0.39, 0.29) is 18.4 Å². The number of rotatable bonds is 15. The molecule has 0 radical (unpaired) electrons. The number of carbonyl (C=O) groups is 2. The highest BCUT2D eigenvalue weighted by Gasteiger charge is 2.10. The van der Waals surface area contributed by atoms with Crippen LogP contribution in [0.4, 0.5) is 0 Å². The van der Waals surface area contributed by atoms with Crippen molar-refractivity contribution in [2.24, 2.45) is 0 Å². The molecule has 30 heavy (non-hydrogen) atoms. The molecule has 162 valence electrons. The quantitative estimate of drug-likeness (QED) is 0.175. The van der Waals surface area contributed by atoms with Crippen molar-refractivity contribution in [3.05, 3.63) is 60.2 Å². The zero-order valence-electron chi connectivity index (χ0n) is 18.1. The fourth-order valence-corrected chi connectivity index (χ4v) is 4.05. The fraction of sp³-hybridized carbons (Fsp3) is 0.462. The number of Topliss-reactive ketones (excluding diaryl/α,β-unsaturated/α-hetero) is 1. The Hall–Kier alpha value is -2.07. The van der Waals surface area contributed by atoms with Crippen LogP contribution in [0, 0.1) is 0 Å². The molecule has 2 aromatic carbocycles. The monoisotopic (exact) mass is 426 g/mol. The van der Waals surface area contributed by atoms with Crippen LogP contribution in [0.25, 0.3) is 11.1 Å². The number of ketones is 1. The van der Waals surface area contributed by atoms with Gasteiger partial charge in [0, 0.05) is 5.56 Å². The maximum Gasteiger partial charge on any atom is 0.316 e. The third-order valence-corrected chi connectivity index (χ3v) is 6.06. The van der Waals surface area contributed by atoms with Crippen LogP contribution in [-0.4, -0.2) is 29.9 Å². The fourth-order valence-electron chi connectivity index (χ4n) is 3.24. The lowest BCUT2D eigenvalue weighted by atomic mass is 10.0. The van der Waals surface area contributed by atoms with Crippen LogP contribution >= 0.6 is 11.8 Å². The van der Waals surface area contributed by atoms with Crippen LogP contribution in [0.1, 0.15) is 68.6 Å². The lowest BCUT2D eigenvalue weighted by Crippen LogP contribution is -2.15. The smallest absolute Gasteiger partial charge is 0.316 e. The van der Waals surface area contributed by atoms with Crippen molar-refractivity contribution in [3.63, 3.8) is 0 Å². The van der Waals surface area contributed by atoms with E-state index in [0.717, 1.165) is 23.3 Å². The molecule has 3 nitrogen and oxygen atoms in total. The van der Waals surface area contributed by atoms with Crippen molar-refractivity contribution in [2.75, 3.05) is 18.1 Å². The van der Waals surface area contributed by atoms with Gasteiger partial charge in [0.1, 0.15) is 0 Å². The first-order valence-corrected chi connectivity index (χ1v) is 12.3. The SMILES string of the molecule is CCCCCCCCCCSCC(=O)OCC(=O)c1ccc(-c2ccccc2)cc1. The van der Waals surface area contributed by atoms with E-state index in [1.54, 1.807) is 23.9 Å². The molecule has 0 heterocycles. The Balaban J connectivity index is 1.56. The summed E-state index contributed by atoms with van der Waals surface area (Å²) in [7, 11) is 0. The predicted molar refractivity (Wildman–Crippen MR) is 127 cm³/mol. The average molecular weight is 427 g/mol. The minimum atomic E-state index is -0.311. The van der Waals surface area contributed by atoms with E-state index >= 15 is 0 Å². The highest BCUT2D eigenvalue weighted by Crippen LogP contribution is 2.19. The molecule has 0 bridgehead atoms. The van der Waals surface area contributed by atoms with Gasteiger partial charge in [0.25, 0.3) is 0 Å². The van der Waals surface area contributed by atoms with Crippen molar-refractivity contribution >= 4 is 23.5 Å². The maximum atomic E-state index is 12.3. The summed E-state index contributed by atoms with van der Waals surface area (Å²) in [6, 6.07) is 17.4. The number of benzene rings is 2. The van der Waals surface area contributed by atoms with E-state index < -0.39 is 0 Å². The molecular formula is C26H34O3S. The summed E-state index contributed by atoms with van der Waals surface area (Å²) in [5.41, 5.74) is 2.73. The Kier molecular flexibility index (Phi) is 12.0. The van der Waals surface area contributed by atoms with Crippen molar-refractivity contribution in [3.8, 4) is 11.1 Å². The molecule has 0 saturated heterocycles. The summed E-state index contributed by atoms with van der Waals surface area (Å²) in [5, 5.41) is 0. The molecule has 0 aliphatic rings. The summed E-state index contributed by atoms with van der Waals surface area (Å²) >= 11 is 1.59. The lowest BCUT2D eigenvalue weighted by Gasteiger charge is -2.06. The van der Waals surface area contributed by atoms with E-state index in [4.69, 9.17) is 4.74 Å². The van der Waals surface area contributed by atoms with Gasteiger partial charge in [0.2, 0.25) is 0 Å². The van der Waals surface area contributed by atoms with Crippen LogP contribution in [0.5, 0.6) is 0 Å². The molecule has 0 unspecified atom stereocenters. The number of hydrogen-bond donors (Lipinski definition) is 0. The molecule has 2 rings (SSSR count). The van der Waals surface area contributed by atoms with Gasteiger partial charge in [-0.3, -0.25) is 9.59 Å². The van der Waals surface area contributed by atoms with Crippen molar-refractivity contribution in [1.82, 2.24) is 0 Å². The first-order chi connectivity index (χ1) is 14.7. The Labute approximate surface area is 185 Å². The van der Waals surface area contributed by atoms with Crippen LogP contribution in [0.2, 0.25) is 0 Å². The molecule has 0 fully saturated rings. The van der Waals surface area contributed by atoms with E-state index in [2.05, 4.69) is 6.92 Å². The Morgan fingerprint density at radius 1 is 0.767 bits per heavy atom. The topological polar surface area (TPSA) is 43.4 Å². The summed E-state index contributed by atoms with van der Waals surface area (Å²) in [6.07, 6.45) is 10.3. The van der Waals surface area contributed by atoms with Crippen LogP contribution in [-0.2, 0) is 9.53 Å². The number of unbranched alkanes of at least 4 members (excludes halogenated alkanes) is 7. The van der Waals surface area contributed by atoms with Gasteiger partial charge in [-0.1, -0.05) is 106 Å². The van der Waals surface area contributed by atoms with Crippen molar-refractivity contribution < 1.29 is 14.3 Å². The van der Waals surface area contributed by atoms with Gasteiger partial charge in [-0.25, -0.2) is 0 Å². The van der Waals surface area contributed by atoms with Gasteiger partial charge in [-0.05, 0) is 23.3 Å². The zero-order valence-corrected chi connectivity index (χ0v) is 18.9. The number of esters is 1. The van der Waals surface area contributed by atoms with E-state index in [1.165, 1.54) is 44.9 Å². The van der Waals surface area contributed by atoms with Gasteiger partial charge in [-0.15, -0.1) is 0 Å². The number of ether oxygens (including phenoxy) is 1. The van der Waals surface area contributed by atoms with Crippen LogP contribution in [0.15, 0.2) is 54.6 Å². The molecule has 0 spiro atoms. The summed E-state index contributed by atoms with van der Waals surface area (Å²) < 4.78 is 5.15. The van der Waals surface area contributed by atoms with Gasteiger partial charge in [-0.2, -0.15) is 11.8 Å².